The number of rotatable bonds is 4. The third-order valence-corrected chi connectivity index (χ3v) is 3.50. The Hall–Kier alpha value is -3.61. The van der Waals surface area contributed by atoms with Crippen LogP contribution in [0.4, 0.5) is 0 Å². The first-order valence-electron chi connectivity index (χ1n) is 7.28. The summed E-state index contributed by atoms with van der Waals surface area (Å²) in [4.78, 5) is 20.5. The highest BCUT2D eigenvalue weighted by molar-refractivity contribution is 6.06. The summed E-state index contributed by atoms with van der Waals surface area (Å²) in [6, 6.07) is 10.6. The molecule has 0 aliphatic rings. The summed E-state index contributed by atoms with van der Waals surface area (Å²) < 4.78 is 3.27. The van der Waals surface area contributed by atoms with Crippen LogP contribution in [0.2, 0.25) is 0 Å². The van der Waals surface area contributed by atoms with Gasteiger partial charge in [-0.3, -0.25) is 14.8 Å². The van der Waals surface area contributed by atoms with Crippen molar-refractivity contribution in [3.05, 3.63) is 85.0 Å². The number of carbonyl (C=O) groups excluding carboxylic acids is 1. The van der Waals surface area contributed by atoms with E-state index in [9.17, 15) is 4.79 Å². The van der Waals surface area contributed by atoms with E-state index < -0.39 is 0 Å². The number of aromatic nitrogens is 6. The van der Waals surface area contributed by atoms with Crippen molar-refractivity contribution in [2.75, 3.05) is 0 Å². The maximum absolute atomic E-state index is 12.6. The Morgan fingerprint density at radius 2 is 1.08 bits per heavy atom. The van der Waals surface area contributed by atoms with E-state index >= 15 is 0 Å². The van der Waals surface area contributed by atoms with Crippen LogP contribution in [0.5, 0.6) is 0 Å². The van der Waals surface area contributed by atoms with E-state index in [4.69, 9.17) is 0 Å². The molecule has 0 bridgehead atoms. The lowest BCUT2D eigenvalue weighted by molar-refractivity contribution is 0.102. The molecule has 0 aliphatic heterocycles. The van der Waals surface area contributed by atoms with Crippen molar-refractivity contribution in [2.45, 2.75) is 0 Å². The smallest absolute Gasteiger partial charge is 0.233 e. The van der Waals surface area contributed by atoms with E-state index in [0.717, 1.165) is 11.4 Å². The van der Waals surface area contributed by atoms with Gasteiger partial charge in [-0.1, -0.05) is 0 Å². The number of carbonyl (C=O) groups is 1. The van der Waals surface area contributed by atoms with Crippen molar-refractivity contribution < 1.29 is 4.79 Å². The van der Waals surface area contributed by atoms with Crippen LogP contribution in [-0.2, 0) is 0 Å². The van der Waals surface area contributed by atoms with Gasteiger partial charge in [0.25, 0.3) is 0 Å². The van der Waals surface area contributed by atoms with Gasteiger partial charge in [-0.15, -0.1) is 0 Å². The van der Waals surface area contributed by atoms with Crippen molar-refractivity contribution in [3.8, 4) is 11.4 Å². The number of ketones is 1. The maximum Gasteiger partial charge on any atom is 0.233 e. The fourth-order valence-corrected chi connectivity index (χ4v) is 2.30. The molecule has 0 spiro atoms. The van der Waals surface area contributed by atoms with Gasteiger partial charge in [0.05, 0.1) is 11.4 Å². The lowest BCUT2D eigenvalue weighted by Gasteiger charge is -1.99. The second-order valence-electron chi connectivity index (χ2n) is 5.03. The third-order valence-electron chi connectivity index (χ3n) is 3.50. The number of hydrogen-bond donors (Lipinski definition) is 0. The van der Waals surface area contributed by atoms with Crippen molar-refractivity contribution >= 4 is 5.78 Å². The van der Waals surface area contributed by atoms with Crippen LogP contribution in [-0.4, -0.2) is 35.3 Å². The summed E-state index contributed by atoms with van der Waals surface area (Å²) in [7, 11) is 0. The standard InChI is InChI=1S/C17H12N6O/c24-17(15-5-11-22(20-15)13-1-7-18-8-2-13)16-6-12-23(21-16)14-3-9-19-10-4-14/h1-12H. The van der Waals surface area contributed by atoms with Gasteiger partial charge in [0.2, 0.25) is 5.78 Å². The molecule has 0 fully saturated rings. The van der Waals surface area contributed by atoms with Crippen LogP contribution >= 0.6 is 0 Å². The summed E-state index contributed by atoms with van der Waals surface area (Å²) in [5.41, 5.74) is 2.36. The van der Waals surface area contributed by atoms with E-state index in [1.807, 2.05) is 24.3 Å². The molecule has 0 saturated heterocycles. The summed E-state index contributed by atoms with van der Waals surface area (Å²) in [5, 5.41) is 8.64. The highest BCUT2D eigenvalue weighted by atomic mass is 16.1. The van der Waals surface area contributed by atoms with E-state index in [0.29, 0.717) is 11.4 Å². The molecule has 0 radical (unpaired) electrons. The Bertz CT molecular complexity index is 895. The number of pyridine rings is 2. The van der Waals surface area contributed by atoms with Crippen molar-refractivity contribution in [1.82, 2.24) is 29.5 Å². The predicted octanol–water partition coefficient (Wildman–Crippen LogP) is 2.08. The lowest BCUT2D eigenvalue weighted by Crippen LogP contribution is -2.06. The van der Waals surface area contributed by atoms with E-state index in [1.54, 1.807) is 58.7 Å². The first-order valence-corrected chi connectivity index (χ1v) is 7.28. The average molecular weight is 316 g/mol. The third kappa shape index (κ3) is 2.58. The minimum Gasteiger partial charge on any atom is -0.285 e. The zero-order valence-corrected chi connectivity index (χ0v) is 12.5. The fraction of sp³-hybridized carbons (Fsp3) is 0. The van der Waals surface area contributed by atoms with Gasteiger partial charge in [0.1, 0.15) is 11.4 Å². The number of nitrogens with zero attached hydrogens (tertiary/aromatic N) is 6. The zero-order chi connectivity index (χ0) is 16.4. The molecular formula is C17H12N6O. The maximum atomic E-state index is 12.6. The van der Waals surface area contributed by atoms with Crippen molar-refractivity contribution in [2.24, 2.45) is 0 Å². The molecule has 0 N–H and O–H groups in total. The Morgan fingerprint density at radius 1 is 0.667 bits per heavy atom. The monoisotopic (exact) mass is 316 g/mol. The molecule has 0 amide bonds. The summed E-state index contributed by atoms with van der Waals surface area (Å²) in [6.07, 6.45) is 10.2. The van der Waals surface area contributed by atoms with Gasteiger partial charge < -0.3 is 0 Å². The van der Waals surface area contributed by atoms with E-state index in [2.05, 4.69) is 20.2 Å². The second-order valence-corrected chi connectivity index (χ2v) is 5.03. The van der Waals surface area contributed by atoms with Crippen molar-refractivity contribution in [1.29, 1.82) is 0 Å². The first-order chi connectivity index (χ1) is 11.8. The molecule has 4 aromatic rings. The summed E-state index contributed by atoms with van der Waals surface area (Å²) >= 11 is 0. The van der Waals surface area contributed by atoms with Gasteiger partial charge in [-0.25, -0.2) is 9.36 Å². The predicted molar refractivity (Wildman–Crippen MR) is 86.2 cm³/mol. The van der Waals surface area contributed by atoms with Crippen LogP contribution in [0.15, 0.2) is 73.6 Å². The molecule has 0 unspecified atom stereocenters. The molecule has 4 rings (SSSR count). The molecular weight excluding hydrogens is 304 g/mol. The van der Waals surface area contributed by atoms with Gasteiger partial charge in [0, 0.05) is 37.2 Å². The molecule has 0 atom stereocenters. The number of hydrogen-bond acceptors (Lipinski definition) is 5. The molecule has 24 heavy (non-hydrogen) atoms. The molecule has 4 heterocycles. The van der Waals surface area contributed by atoms with Crippen LogP contribution in [0.25, 0.3) is 11.4 Å². The highest BCUT2D eigenvalue weighted by Crippen LogP contribution is 2.11. The fourth-order valence-electron chi connectivity index (χ4n) is 2.30. The minimum atomic E-state index is -0.226. The van der Waals surface area contributed by atoms with Crippen LogP contribution in [0.1, 0.15) is 16.2 Å². The zero-order valence-electron chi connectivity index (χ0n) is 12.5. The molecule has 0 saturated carbocycles. The summed E-state index contributed by atoms with van der Waals surface area (Å²) in [5.74, 6) is -0.226. The second kappa shape index (κ2) is 5.88. The van der Waals surface area contributed by atoms with Gasteiger partial charge in [-0.2, -0.15) is 10.2 Å². The first kappa shape index (κ1) is 14.0. The quantitative estimate of drug-likeness (QED) is 0.539. The molecule has 0 aromatic carbocycles. The van der Waals surface area contributed by atoms with E-state index in [-0.39, 0.29) is 5.78 Å². The van der Waals surface area contributed by atoms with Gasteiger partial charge in [0.15, 0.2) is 0 Å². The molecule has 7 nitrogen and oxygen atoms in total. The van der Waals surface area contributed by atoms with Crippen molar-refractivity contribution in [3.63, 3.8) is 0 Å². The topological polar surface area (TPSA) is 78.5 Å². The highest BCUT2D eigenvalue weighted by Gasteiger charge is 2.16. The van der Waals surface area contributed by atoms with Crippen LogP contribution in [0, 0.1) is 0 Å². The molecule has 7 heteroatoms. The lowest BCUT2D eigenvalue weighted by atomic mass is 10.2. The Labute approximate surface area is 137 Å². The molecule has 4 aromatic heterocycles. The average Bonchev–Trinajstić information content (AvgIpc) is 3.33. The Morgan fingerprint density at radius 3 is 1.50 bits per heavy atom. The minimum absolute atomic E-state index is 0.226. The Balaban J connectivity index is 1.61. The largest absolute Gasteiger partial charge is 0.285 e. The van der Waals surface area contributed by atoms with Gasteiger partial charge in [-0.05, 0) is 36.4 Å². The van der Waals surface area contributed by atoms with Crippen LogP contribution < -0.4 is 0 Å². The van der Waals surface area contributed by atoms with E-state index in [1.165, 1.54) is 0 Å². The summed E-state index contributed by atoms with van der Waals surface area (Å²) in [6.45, 7) is 0. The Kier molecular flexibility index (Phi) is 3.43. The van der Waals surface area contributed by atoms with Crippen LogP contribution in [0.3, 0.4) is 0 Å². The van der Waals surface area contributed by atoms with Gasteiger partial charge >= 0.3 is 0 Å². The molecule has 116 valence electrons. The normalized spacial score (nSPS) is 10.7. The molecule has 0 aliphatic carbocycles. The SMILES string of the molecule is O=C(c1ccn(-c2ccncc2)n1)c1ccn(-c2ccncc2)n1.